The van der Waals surface area contributed by atoms with Crippen LogP contribution in [-0.4, -0.2) is 36.7 Å². The predicted octanol–water partition coefficient (Wildman–Crippen LogP) is 1.56. The third-order valence-electron chi connectivity index (χ3n) is 2.99. The smallest absolute Gasteiger partial charge is 0.326 e. The lowest BCUT2D eigenvalue weighted by molar-refractivity contribution is -0.142. The van der Waals surface area contributed by atoms with E-state index in [1.165, 1.54) is 25.3 Å². The van der Waals surface area contributed by atoms with Gasteiger partial charge in [0.1, 0.15) is 6.04 Å². The normalized spacial score (nSPS) is 11.4. The highest BCUT2D eigenvalue weighted by molar-refractivity contribution is 5.84. The van der Waals surface area contributed by atoms with Crippen molar-refractivity contribution in [1.82, 2.24) is 5.32 Å². The molecule has 1 amide bonds. The van der Waals surface area contributed by atoms with E-state index in [-0.39, 0.29) is 12.5 Å². The molecule has 0 aromatic heterocycles. The number of methoxy groups -OCH3 is 1. The Morgan fingerprint density at radius 2 is 2.04 bits per heavy atom. The van der Waals surface area contributed by atoms with Crippen LogP contribution in [-0.2, 0) is 9.59 Å². The van der Waals surface area contributed by atoms with E-state index in [2.05, 4.69) is 5.32 Å². The molecule has 0 saturated carbocycles. The fourth-order valence-electron chi connectivity index (χ4n) is 1.93. The Bertz CT molecular complexity index is 607. The summed E-state index contributed by atoms with van der Waals surface area (Å²) in [5.41, 5.74) is 0.404. The van der Waals surface area contributed by atoms with Gasteiger partial charge < -0.3 is 19.9 Å². The minimum Gasteiger partial charge on any atom is -0.493 e. The number of carboxylic acid groups (broad SMARTS) is 1. The number of aliphatic carboxylic acids is 1. The van der Waals surface area contributed by atoms with E-state index in [4.69, 9.17) is 19.8 Å². The predicted molar refractivity (Wildman–Crippen MR) is 82.2 cm³/mol. The molecule has 7 nitrogen and oxygen atoms in total. The van der Waals surface area contributed by atoms with Crippen molar-refractivity contribution in [2.75, 3.05) is 13.7 Å². The zero-order valence-corrected chi connectivity index (χ0v) is 13.3. The molecular formula is C16H20N2O5. The number of carbonyl (C=O) groups is 2. The van der Waals surface area contributed by atoms with Crippen LogP contribution in [0.3, 0.4) is 0 Å². The molecule has 124 valence electrons. The van der Waals surface area contributed by atoms with Crippen LogP contribution < -0.4 is 14.8 Å². The number of nitrogens with zero attached hydrogens (tertiary/aromatic N) is 1. The first-order chi connectivity index (χ1) is 10.9. The van der Waals surface area contributed by atoms with Crippen LogP contribution in [0.15, 0.2) is 18.2 Å². The van der Waals surface area contributed by atoms with Crippen molar-refractivity contribution in [2.24, 2.45) is 5.92 Å². The number of hydrogen-bond acceptors (Lipinski definition) is 5. The maximum atomic E-state index is 11.8. The number of rotatable bonds is 8. The molecule has 7 heteroatoms. The van der Waals surface area contributed by atoms with Gasteiger partial charge in [-0.2, -0.15) is 5.26 Å². The van der Waals surface area contributed by atoms with Crippen molar-refractivity contribution in [3.05, 3.63) is 23.8 Å². The number of amides is 1. The van der Waals surface area contributed by atoms with Crippen LogP contribution in [0.25, 0.3) is 0 Å². The van der Waals surface area contributed by atoms with Crippen molar-refractivity contribution in [3.8, 4) is 17.6 Å². The topological polar surface area (TPSA) is 109 Å². The fourth-order valence-corrected chi connectivity index (χ4v) is 1.93. The van der Waals surface area contributed by atoms with E-state index in [1.54, 1.807) is 0 Å². The summed E-state index contributed by atoms with van der Waals surface area (Å²) < 4.78 is 10.4. The van der Waals surface area contributed by atoms with Crippen molar-refractivity contribution in [1.29, 1.82) is 5.26 Å². The first-order valence-corrected chi connectivity index (χ1v) is 7.10. The van der Waals surface area contributed by atoms with Crippen LogP contribution in [0.5, 0.6) is 11.5 Å². The average molecular weight is 320 g/mol. The number of nitrogens with one attached hydrogen (secondary N) is 1. The molecule has 0 bridgehead atoms. The molecule has 0 aliphatic rings. The van der Waals surface area contributed by atoms with Crippen molar-refractivity contribution < 1.29 is 24.2 Å². The Morgan fingerprint density at radius 3 is 2.57 bits per heavy atom. The Hall–Kier alpha value is -2.75. The molecular weight excluding hydrogens is 300 g/mol. The zero-order chi connectivity index (χ0) is 17.4. The second kappa shape index (κ2) is 8.63. The Morgan fingerprint density at radius 1 is 1.35 bits per heavy atom. The molecule has 0 saturated heterocycles. The molecule has 0 aliphatic heterocycles. The maximum Gasteiger partial charge on any atom is 0.326 e. The van der Waals surface area contributed by atoms with E-state index in [0.29, 0.717) is 23.5 Å². The lowest BCUT2D eigenvalue weighted by Gasteiger charge is -2.17. The molecule has 1 rings (SSSR count). The summed E-state index contributed by atoms with van der Waals surface area (Å²) in [4.78, 5) is 23.0. The standard InChI is InChI=1S/C16H20N2O5/c1-10(2)6-12(16(20)21)18-15(19)9-23-13-5-4-11(8-17)7-14(13)22-3/h4-5,7,10,12H,6,9H2,1-3H3,(H,18,19)(H,20,21). The van der Waals surface area contributed by atoms with Gasteiger partial charge in [-0.15, -0.1) is 0 Å². The molecule has 23 heavy (non-hydrogen) atoms. The molecule has 0 heterocycles. The molecule has 0 spiro atoms. The minimum absolute atomic E-state index is 0.135. The molecule has 0 radical (unpaired) electrons. The molecule has 1 atom stereocenters. The Balaban J connectivity index is 2.65. The van der Waals surface area contributed by atoms with E-state index in [1.807, 2.05) is 19.9 Å². The Kier molecular flexibility index (Phi) is 6.87. The molecule has 0 aliphatic carbocycles. The second-order valence-electron chi connectivity index (χ2n) is 5.35. The van der Waals surface area contributed by atoms with Gasteiger partial charge in [0.25, 0.3) is 5.91 Å². The summed E-state index contributed by atoms with van der Waals surface area (Å²) in [6, 6.07) is 5.57. The molecule has 1 aromatic rings. The summed E-state index contributed by atoms with van der Waals surface area (Å²) in [7, 11) is 1.42. The van der Waals surface area contributed by atoms with Crippen molar-refractivity contribution in [2.45, 2.75) is 26.3 Å². The fraction of sp³-hybridized carbons (Fsp3) is 0.438. The summed E-state index contributed by atoms with van der Waals surface area (Å²) in [5, 5.41) is 20.3. The van der Waals surface area contributed by atoms with Crippen molar-refractivity contribution in [3.63, 3.8) is 0 Å². The number of benzene rings is 1. The lowest BCUT2D eigenvalue weighted by atomic mass is 10.0. The van der Waals surface area contributed by atoms with Gasteiger partial charge in [-0.25, -0.2) is 4.79 Å². The summed E-state index contributed by atoms with van der Waals surface area (Å²) >= 11 is 0. The quantitative estimate of drug-likeness (QED) is 0.752. The van der Waals surface area contributed by atoms with Gasteiger partial charge in [0.15, 0.2) is 18.1 Å². The zero-order valence-electron chi connectivity index (χ0n) is 13.3. The van der Waals surface area contributed by atoms with Gasteiger partial charge in [0, 0.05) is 6.07 Å². The number of carboxylic acids is 1. The summed E-state index contributed by atoms with van der Waals surface area (Å²) in [6.07, 6.45) is 0.335. The highest BCUT2D eigenvalue weighted by Crippen LogP contribution is 2.27. The monoisotopic (exact) mass is 320 g/mol. The number of ether oxygens (including phenoxy) is 2. The summed E-state index contributed by atoms with van der Waals surface area (Å²) in [5.74, 6) is -0.852. The highest BCUT2D eigenvalue weighted by Gasteiger charge is 2.21. The first-order valence-electron chi connectivity index (χ1n) is 7.10. The van der Waals surface area contributed by atoms with Gasteiger partial charge in [0.05, 0.1) is 18.7 Å². The van der Waals surface area contributed by atoms with Crippen molar-refractivity contribution >= 4 is 11.9 Å². The van der Waals surface area contributed by atoms with E-state index in [9.17, 15) is 9.59 Å². The van der Waals surface area contributed by atoms with E-state index in [0.717, 1.165) is 0 Å². The maximum absolute atomic E-state index is 11.8. The SMILES string of the molecule is COc1cc(C#N)ccc1OCC(=O)NC(CC(C)C)C(=O)O. The molecule has 2 N–H and O–H groups in total. The molecule has 0 fully saturated rings. The van der Waals surface area contributed by atoms with Gasteiger partial charge in [0.2, 0.25) is 0 Å². The van der Waals surface area contributed by atoms with Crippen LogP contribution in [0.1, 0.15) is 25.8 Å². The number of carbonyl (C=O) groups excluding carboxylic acids is 1. The van der Waals surface area contributed by atoms with E-state index < -0.39 is 17.9 Å². The minimum atomic E-state index is -1.08. The largest absolute Gasteiger partial charge is 0.493 e. The van der Waals surface area contributed by atoms with Crippen LogP contribution >= 0.6 is 0 Å². The highest BCUT2D eigenvalue weighted by atomic mass is 16.5. The Labute approximate surface area is 134 Å². The number of hydrogen-bond donors (Lipinski definition) is 2. The van der Waals surface area contributed by atoms with Crippen LogP contribution in [0.4, 0.5) is 0 Å². The third-order valence-corrected chi connectivity index (χ3v) is 2.99. The van der Waals surface area contributed by atoms with Gasteiger partial charge in [-0.05, 0) is 24.5 Å². The summed E-state index contributed by atoms with van der Waals surface area (Å²) in [6.45, 7) is 3.41. The molecule has 1 unspecified atom stereocenters. The van der Waals surface area contributed by atoms with Gasteiger partial charge in [-0.3, -0.25) is 4.79 Å². The van der Waals surface area contributed by atoms with Gasteiger partial charge in [-0.1, -0.05) is 13.8 Å². The van der Waals surface area contributed by atoms with Crippen LogP contribution in [0.2, 0.25) is 0 Å². The average Bonchev–Trinajstić information content (AvgIpc) is 2.51. The number of nitriles is 1. The third kappa shape index (κ3) is 5.87. The van der Waals surface area contributed by atoms with Crippen LogP contribution in [0, 0.1) is 17.2 Å². The first kappa shape index (κ1) is 18.3. The molecule has 1 aromatic carbocycles. The van der Waals surface area contributed by atoms with E-state index >= 15 is 0 Å². The lowest BCUT2D eigenvalue weighted by Crippen LogP contribution is -2.43. The second-order valence-corrected chi connectivity index (χ2v) is 5.35. The van der Waals surface area contributed by atoms with Gasteiger partial charge >= 0.3 is 5.97 Å².